The highest BCUT2D eigenvalue weighted by molar-refractivity contribution is 6.55. The molecule has 0 spiro atoms. The molecule has 25 heavy (non-hydrogen) atoms. The molecule has 0 amide bonds. The molecule has 0 radical (unpaired) electrons. The molecule has 0 N–H and O–H groups in total. The third kappa shape index (κ3) is 5.01. The van der Waals surface area contributed by atoms with Gasteiger partial charge in [0.2, 0.25) is 0 Å². The van der Waals surface area contributed by atoms with Gasteiger partial charge < -0.3 is 9.47 Å². The van der Waals surface area contributed by atoms with Gasteiger partial charge in [0, 0.05) is 5.56 Å². The number of benzene rings is 1. The molecule has 1 aliphatic rings. The fraction of sp³-hybridized carbons (Fsp3) is 0.438. The monoisotopic (exact) mass is 400 g/mol. The highest BCUT2D eigenvalue weighted by Crippen LogP contribution is 2.60. The number of ether oxygens (including phenoxy) is 2. The predicted molar refractivity (Wildman–Crippen MR) is 83.4 cm³/mol. The van der Waals surface area contributed by atoms with E-state index < -0.39 is 41.8 Å². The Balaban J connectivity index is 2.03. The summed E-state index contributed by atoms with van der Waals surface area (Å²) < 4.78 is 59.1. The van der Waals surface area contributed by atoms with Crippen LogP contribution < -0.4 is 4.74 Å². The van der Waals surface area contributed by atoms with Gasteiger partial charge in [0.25, 0.3) is 0 Å². The molecule has 138 valence electrons. The molecule has 2 rings (SSSR count). The van der Waals surface area contributed by atoms with Crippen molar-refractivity contribution in [2.24, 2.45) is 17.3 Å². The summed E-state index contributed by atoms with van der Waals surface area (Å²) in [6.45, 7) is 3.11. The Morgan fingerprint density at radius 3 is 2.52 bits per heavy atom. The summed E-state index contributed by atoms with van der Waals surface area (Å²) in [5.41, 5.74) is -0.651. The number of carbonyl (C=O) groups is 1. The molecule has 0 aliphatic heterocycles. The smallest absolute Gasteiger partial charge is 0.460 e. The largest absolute Gasteiger partial charge is 0.573 e. The number of halogens is 6. The Morgan fingerprint density at radius 2 is 1.96 bits per heavy atom. The van der Waals surface area contributed by atoms with Crippen molar-refractivity contribution in [2.45, 2.75) is 26.8 Å². The molecule has 0 bridgehead atoms. The lowest BCUT2D eigenvalue weighted by molar-refractivity contribution is -0.274. The number of carbonyl (C=O) groups excluding carboxylic acids is 1. The number of alkyl halides is 3. The number of allylic oxidation sites excluding steroid dienone is 1. The average Bonchev–Trinajstić information content (AvgIpc) is 2.97. The first-order chi connectivity index (χ1) is 11.4. The summed E-state index contributed by atoms with van der Waals surface area (Å²) in [7, 11) is 0. The summed E-state index contributed by atoms with van der Waals surface area (Å²) in [5, 5.41) is 0. The van der Waals surface area contributed by atoms with Gasteiger partial charge in [-0.1, -0.05) is 37.0 Å². The van der Waals surface area contributed by atoms with Gasteiger partial charge in [-0.15, -0.1) is 13.2 Å². The second-order valence-electron chi connectivity index (χ2n) is 6.19. The minimum Gasteiger partial charge on any atom is -0.460 e. The highest BCUT2D eigenvalue weighted by Gasteiger charge is 2.61. The molecular weight excluding hydrogens is 387 g/mol. The molecule has 1 fully saturated rings. The average molecular weight is 401 g/mol. The van der Waals surface area contributed by atoms with E-state index in [-0.39, 0.29) is 16.0 Å². The van der Waals surface area contributed by atoms with Crippen molar-refractivity contribution >= 4 is 29.2 Å². The first-order valence-electron chi connectivity index (χ1n) is 7.15. The zero-order valence-electron chi connectivity index (χ0n) is 13.2. The fourth-order valence-electron chi connectivity index (χ4n) is 2.67. The Kier molecular flexibility index (Phi) is 5.59. The summed E-state index contributed by atoms with van der Waals surface area (Å²) in [5.74, 6) is -2.76. The van der Waals surface area contributed by atoms with Crippen molar-refractivity contribution in [3.05, 3.63) is 40.1 Å². The van der Waals surface area contributed by atoms with Crippen molar-refractivity contribution in [3.63, 3.8) is 0 Å². The molecule has 3 nitrogen and oxygen atoms in total. The molecule has 1 saturated carbocycles. The van der Waals surface area contributed by atoms with Gasteiger partial charge in [-0.3, -0.25) is 4.79 Å². The summed E-state index contributed by atoms with van der Waals surface area (Å²) in [6, 6.07) is 2.48. The van der Waals surface area contributed by atoms with Crippen LogP contribution in [0.15, 0.2) is 28.8 Å². The molecule has 2 unspecified atom stereocenters. The SMILES string of the molecule is CC1(C)C(C=C(Cl)Cl)C1C(=O)OCc1cc(OC(F)(F)F)ccc1F. The molecule has 0 saturated heterocycles. The van der Waals surface area contributed by atoms with Crippen LogP contribution in [0.2, 0.25) is 0 Å². The van der Waals surface area contributed by atoms with Crippen LogP contribution in [0.1, 0.15) is 19.4 Å². The molecule has 1 aromatic carbocycles. The lowest BCUT2D eigenvalue weighted by atomic mass is 10.1. The first-order valence-corrected chi connectivity index (χ1v) is 7.91. The molecule has 2 atom stereocenters. The number of rotatable bonds is 5. The Morgan fingerprint density at radius 1 is 1.32 bits per heavy atom. The van der Waals surface area contributed by atoms with Crippen molar-refractivity contribution in [1.29, 1.82) is 0 Å². The lowest BCUT2D eigenvalue weighted by Crippen LogP contribution is -2.17. The number of esters is 1. The second-order valence-corrected chi connectivity index (χ2v) is 7.20. The van der Waals surface area contributed by atoms with Crippen LogP contribution in [-0.2, 0) is 16.1 Å². The third-order valence-corrected chi connectivity index (χ3v) is 4.34. The van der Waals surface area contributed by atoms with E-state index in [9.17, 15) is 22.4 Å². The molecule has 9 heteroatoms. The van der Waals surface area contributed by atoms with Crippen molar-refractivity contribution < 1.29 is 31.8 Å². The molecule has 0 heterocycles. The van der Waals surface area contributed by atoms with E-state index in [1.165, 1.54) is 6.08 Å². The van der Waals surface area contributed by atoms with Gasteiger partial charge >= 0.3 is 12.3 Å². The minimum absolute atomic E-state index is 0.0245. The minimum atomic E-state index is -4.90. The predicted octanol–water partition coefficient (Wildman–Crippen LogP) is 5.36. The number of hydrogen-bond donors (Lipinski definition) is 0. The quantitative estimate of drug-likeness (QED) is 0.493. The maximum Gasteiger partial charge on any atom is 0.573 e. The van der Waals surface area contributed by atoms with Crippen molar-refractivity contribution in [3.8, 4) is 5.75 Å². The summed E-state index contributed by atoms with van der Waals surface area (Å²) >= 11 is 11.2. The number of hydrogen-bond acceptors (Lipinski definition) is 3. The van der Waals surface area contributed by atoms with Crippen LogP contribution in [0.3, 0.4) is 0 Å². The maximum atomic E-state index is 13.7. The zero-order chi connectivity index (χ0) is 19.0. The van der Waals surface area contributed by atoms with Gasteiger partial charge in [0.1, 0.15) is 22.7 Å². The topological polar surface area (TPSA) is 35.5 Å². The molecule has 0 aromatic heterocycles. The van der Waals surface area contributed by atoms with E-state index in [0.29, 0.717) is 0 Å². The van der Waals surface area contributed by atoms with Crippen LogP contribution in [0.4, 0.5) is 17.6 Å². The summed E-state index contributed by atoms with van der Waals surface area (Å²) in [6.07, 6.45) is -3.38. The maximum absolute atomic E-state index is 13.7. The van der Waals surface area contributed by atoms with Crippen molar-refractivity contribution in [1.82, 2.24) is 0 Å². The molecular formula is C16H14Cl2F4O3. The van der Waals surface area contributed by atoms with E-state index in [2.05, 4.69) is 4.74 Å². The van der Waals surface area contributed by atoms with Crippen LogP contribution in [0.25, 0.3) is 0 Å². The Labute approximate surface area is 151 Å². The highest BCUT2D eigenvalue weighted by atomic mass is 35.5. The Hall–Kier alpha value is -1.47. The lowest BCUT2D eigenvalue weighted by Gasteiger charge is -2.11. The Bertz CT molecular complexity index is 697. The van der Waals surface area contributed by atoms with E-state index in [0.717, 1.165) is 18.2 Å². The summed E-state index contributed by atoms with van der Waals surface area (Å²) in [4.78, 5) is 12.1. The van der Waals surface area contributed by atoms with E-state index in [1.54, 1.807) is 0 Å². The third-order valence-electron chi connectivity index (χ3n) is 4.09. The van der Waals surface area contributed by atoms with E-state index in [1.807, 2.05) is 13.8 Å². The van der Waals surface area contributed by atoms with Crippen LogP contribution >= 0.6 is 23.2 Å². The standard InChI is InChI=1S/C16H14Cl2F4O3/c1-15(2)10(6-12(17)18)13(15)14(23)24-7-8-5-9(3-4-11(8)19)25-16(20,21)22/h3-6,10,13H,7H2,1-2H3. The van der Waals surface area contributed by atoms with Crippen LogP contribution in [0, 0.1) is 23.1 Å². The fourth-order valence-corrected chi connectivity index (χ4v) is 2.94. The van der Waals surface area contributed by atoms with Crippen LogP contribution in [-0.4, -0.2) is 12.3 Å². The van der Waals surface area contributed by atoms with Gasteiger partial charge in [0.05, 0.1) is 5.92 Å². The van der Waals surface area contributed by atoms with E-state index in [4.69, 9.17) is 27.9 Å². The zero-order valence-corrected chi connectivity index (χ0v) is 14.7. The van der Waals surface area contributed by atoms with Gasteiger partial charge in [-0.2, -0.15) is 0 Å². The normalized spacial score (nSPS) is 21.4. The van der Waals surface area contributed by atoms with E-state index >= 15 is 0 Å². The first kappa shape index (κ1) is 19.8. The van der Waals surface area contributed by atoms with Gasteiger partial charge in [0.15, 0.2) is 0 Å². The van der Waals surface area contributed by atoms with Gasteiger partial charge in [-0.05, 0) is 35.6 Å². The molecule has 1 aromatic rings. The van der Waals surface area contributed by atoms with Crippen LogP contribution in [0.5, 0.6) is 5.75 Å². The molecule has 1 aliphatic carbocycles. The van der Waals surface area contributed by atoms with Crippen molar-refractivity contribution in [2.75, 3.05) is 0 Å². The second kappa shape index (κ2) is 7.03. The van der Waals surface area contributed by atoms with Gasteiger partial charge in [-0.25, -0.2) is 4.39 Å².